The average molecular weight is 1030 g/mol. The third-order valence-electron chi connectivity index (χ3n) is 14.2. The molecule has 0 fully saturated rings. The number of carbonyl (C=O) groups excluding carboxylic acids is 2. The van der Waals surface area contributed by atoms with E-state index in [4.69, 9.17) is 24.3 Å². The van der Waals surface area contributed by atoms with Crippen LogP contribution in [0.1, 0.15) is 335 Å². The smallest absolute Gasteiger partial charge is 0.462 e. The molecule has 0 amide bonds. The van der Waals surface area contributed by atoms with Crippen molar-refractivity contribution in [2.45, 2.75) is 341 Å². The minimum atomic E-state index is -4.38. The Labute approximate surface area is 440 Å². The van der Waals surface area contributed by atoms with Gasteiger partial charge in [-0.05, 0) is 38.5 Å². The van der Waals surface area contributed by atoms with Crippen molar-refractivity contribution in [1.82, 2.24) is 0 Å². The first-order valence-corrected chi connectivity index (χ1v) is 32.7. The summed E-state index contributed by atoms with van der Waals surface area (Å²) in [6.45, 7) is 3.81. The topological polar surface area (TPSA) is 134 Å². The van der Waals surface area contributed by atoms with Gasteiger partial charge in [-0.15, -0.1) is 0 Å². The summed E-state index contributed by atoms with van der Waals surface area (Å²) in [6, 6.07) is 0. The molecule has 0 bridgehead atoms. The molecule has 0 aliphatic carbocycles. The molecule has 0 aromatic rings. The number of phosphoric ester groups is 1. The number of hydrogen-bond donors (Lipinski definition) is 2. The predicted molar refractivity (Wildman–Crippen MR) is 303 cm³/mol. The average Bonchev–Trinajstić information content (AvgIpc) is 3.36. The summed E-state index contributed by atoms with van der Waals surface area (Å²) in [5, 5.41) is 0. The number of ether oxygens (including phenoxy) is 2. The highest BCUT2D eigenvalue weighted by molar-refractivity contribution is 7.47. The van der Waals surface area contributed by atoms with Gasteiger partial charge < -0.3 is 20.1 Å². The van der Waals surface area contributed by atoms with E-state index in [0.717, 1.165) is 32.1 Å². The van der Waals surface area contributed by atoms with Crippen LogP contribution in [-0.2, 0) is 32.7 Å². The first-order valence-electron chi connectivity index (χ1n) is 31.2. The zero-order chi connectivity index (χ0) is 51.7. The molecule has 0 aliphatic rings. The number of carbonyl (C=O) groups is 2. The quantitative estimate of drug-likeness (QED) is 0.0264. The number of rotatable bonds is 60. The van der Waals surface area contributed by atoms with Crippen LogP contribution in [0.4, 0.5) is 0 Å². The van der Waals surface area contributed by atoms with Gasteiger partial charge >= 0.3 is 19.8 Å². The first-order chi connectivity index (χ1) is 34.8. The molecule has 0 saturated heterocycles. The molecule has 0 aromatic carbocycles. The molecule has 0 saturated carbocycles. The Hall–Kier alpha value is -1.25. The molecule has 0 aromatic heterocycles. The third-order valence-corrected chi connectivity index (χ3v) is 15.1. The van der Waals surface area contributed by atoms with Crippen LogP contribution < -0.4 is 5.73 Å². The van der Waals surface area contributed by atoms with E-state index in [0.29, 0.717) is 6.42 Å². The van der Waals surface area contributed by atoms with Crippen molar-refractivity contribution in [3.8, 4) is 0 Å². The number of allylic oxidation sites excluding steroid dienone is 2. The Bertz CT molecular complexity index is 1170. The first kappa shape index (κ1) is 69.8. The van der Waals surface area contributed by atoms with Crippen molar-refractivity contribution < 1.29 is 37.6 Å². The summed E-state index contributed by atoms with van der Waals surface area (Å²) in [4.78, 5) is 35.1. The van der Waals surface area contributed by atoms with Crippen molar-refractivity contribution in [2.24, 2.45) is 5.73 Å². The van der Waals surface area contributed by atoms with E-state index < -0.39 is 26.5 Å². The van der Waals surface area contributed by atoms with Gasteiger partial charge in [0.1, 0.15) is 6.61 Å². The Morgan fingerprint density at radius 3 is 1.00 bits per heavy atom. The van der Waals surface area contributed by atoms with Crippen LogP contribution in [0.15, 0.2) is 12.2 Å². The molecule has 9 nitrogen and oxygen atoms in total. The lowest BCUT2D eigenvalue weighted by Crippen LogP contribution is -2.29. The van der Waals surface area contributed by atoms with Gasteiger partial charge in [0.05, 0.1) is 13.2 Å². The Balaban J connectivity index is 3.77. The van der Waals surface area contributed by atoms with Crippen molar-refractivity contribution in [2.75, 3.05) is 26.4 Å². The largest absolute Gasteiger partial charge is 0.472 e. The Morgan fingerprint density at radius 2 is 0.690 bits per heavy atom. The van der Waals surface area contributed by atoms with Gasteiger partial charge in [-0.3, -0.25) is 18.6 Å². The monoisotopic (exact) mass is 1030 g/mol. The molecule has 0 rings (SSSR count). The van der Waals surface area contributed by atoms with Gasteiger partial charge in [-0.1, -0.05) is 296 Å². The van der Waals surface area contributed by atoms with Gasteiger partial charge in [0.25, 0.3) is 0 Å². The minimum absolute atomic E-state index is 0.0577. The number of unbranched alkanes of at least 4 members (excludes halogenated alkanes) is 45. The maximum atomic E-state index is 12.7. The van der Waals surface area contributed by atoms with E-state index in [1.54, 1.807) is 0 Å². The van der Waals surface area contributed by atoms with E-state index in [2.05, 4.69) is 26.0 Å². The standard InChI is InChI=1S/C61H120NO8P/c1-3-5-7-9-11-13-15-17-19-20-21-22-23-24-25-26-27-28-29-30-31-32-33-34-35-36-37-38-40-42-44-46-48-50-52-54-61(64)70-59(58-69-71(65,66)68-56-55-62)57-67-60(63)53-51-49-47-45-43-41-39-18-16-14-12-10-8-6-4-2/h20-21,59H,3-19,22-58,62H2,1-2H3,(H,65,66)/b21-20-. The second-order valence-electron chi connectivity index (χ2n) is 21.3. The Kier molecular flexibility index (Phi) is 57.0. The van der Waals surface area contributed by atoms with Gasteiger partial charge in [0.15, 0.2) is 6.10 Å². The fourth-order valence-corrected chi connectivity index (χ4v) is 10.3. The molecule has 422 valence electrons. The van der Waals surface area contributed by atoms with Crippen molar-refractivity contribution in [3.63, 3.8) is 0 Å². The number of phosphoric acid groups is 1. The second-order valence-corrected chi connectivity index (χ2v) is 22.7. The summed E-state index contributed by atoms with van der Waals surface area (Å²) < 4.78 is 33.0. The highest BCUT2D eigenvalue weighted by Gasteiger charge is 2.26. The van der Waals surface area contributed by atoms with Crippen molar-refractivity contribution >= 4 is 19.8 Å². The summed E-state index contributed by atoms with van der Waals surface area (Å²) in [7, 11) is -4.38. The lowest BCUT2D eigenvalue weighted by molar-refractivity contribution is -0.161. The van der Waals surface area contributed by atoms with Gasteiger partial charge in [-0.25, -0.2) is 4.57 Å². The van der Waals surface area contributed by atoms with E-state index in [1.165, 1.54) is 270 Å². The van der Waals surface area contributed by atoms with E-state index in [1.807, 2.05) is 0 Å². The second kappa shape index (κ2) is 58.0. The number of hydrogen-bond acceptors (Lipinski definition) is 8. The van der Waals surface area contributed by atoms with Crippen LogP contribution in [0.5, 0.6) is 0 Å². The van der Waals surface area contributed by atoms with E-state index in [-0.39, 0.29) is 38.6 Å². The molecule has 0 radical (unpaired) electrons. The molecule has 2 atom stereocenters. The number of nitrogens with two attached hydrogens (primary N) is 1. The zero-order valence-corrected chi connectivity index (χ0v) is 48.1. The van der Waals surface area contributed by atoms with Gasteiger partial charge in [-0.2, -0.15) is 0 Å². The van der Waals surface area contributed by atoms with Crippen molar-refractivity contribution in [1.29, 1.82) is 0 Å². The van der Waals surface area contributed by atoms with Crippen LogP contribution in [-0.4, -0.2) is 49.3 Å². The fraction of sp³-hybridized carbons (Fsp3) is 0.934. The molecule has 71 heavy (non-hydrogen) atoms. The van der Waals surface area contributed by atoms with Crippen LogP contribution in [0, 0.1) is 0 Å². The predicted octanol–water partition coefficient (Wildman–Crippen LogP) is 19.6. The molecule has 10 heteroatoms. The van der Waals surface area contributed by atoms with Crippen LogP contribution in [0.2, 0.25) is 0 Å². The lowest BCUT2D eigenvalue weighted by atomic mass is 10.0. The summed E-state index contributed by atoms with van der Waals surface area (Å²) in [5.41, 5.74) is 5.38. The molecular weight excluding hydrogens is 906 g/mol. The Morgan fingerprint density at radius 1 is 0.408 bits per heavy atom. The lowest BCUT2D eigenvalue weighted by Gasteiger charge is -2.19. The SMILES string of the molecule is CCCCCCCCCC/C=C\CCCCCCCCCCCCCCCCCCCCCCCCCC(=O)OC(COC(=O)CCCCCCCCCCCCCCCCC)COP(=O)(O)OCCN. The van der Waals surface area contributed by atoms with E-state index in [9.17, 15) is 19.0 Å². The van der Waals surface area contributed by atoms with Crippen molar-refractivity contribution in [3.05, 3.63) is 12.2 Å². The fourth-order valence-electron chi connectivity index (χ4n) is 9.52. The van der Waals surface area contributed by atoms with Crippen LogP contribution in [0.25, 0.3) is 0 Å². The van der Waals surface area contributed by atoms with Gasteiger partial charge in [0, 0.05) is 19.4 Å². The molecule has 2 unspecified atom stereocenters. The number of esters is 2. The molecule has 3 N–H and O–H groups in total. The van der Waals surface area contributed by atoms with Gasteiger partial charge in [0.2, 0.25) is 0 Å². The normalized spacial score (nSPS) is 13.0. The molecule has 0 aliphatic heterocycles. The maximum Gasteiger partial charge on any atom is 0.472 e. The molecular formula is C61H120NO8P. The third kappa shape index (κ3) is 57.9. The summed E-state index contributed by atoms with van der Waals surface area (Å²) in [5.74, 6) is -0.805. The molecule has 0 spiro atoms. The van der Waals surface area contributed by atoms with Crippen LogP contribution in [0.3, 0.4) is 0 Å². The maximum absolute atomic E-state index is 12.7. The van der Waals surface area contributed by atoms with Crippen LogP contribution >= 0.6 is 7.82 Å². The highest BCUT2D eigenvalue weighted by Crippen LogP contribution is 2.43. The summed E-state index contributed by atoms with van der Waals surface area (Å²) in [6.07, 6.45) is 67.3. The molecule has 0 heterocycles. The minimum Gasteiger partial charge on any atom is -0.462 e. The zero-order valence-electron chi connectivity index (χ0n) is 47.2. The van der Waals surface area contributed by atoms with E-state index >= 15 is 0 Å². The summed E-state index contributed by atoms with van der Waals surface area (Å²) >= 11 is 0. The highest BCUT2D eigenvalue weighted by atomic mass is 31.2.